The lowest BCUT2D eigenvalue weighted by atomic mass is 10.0. The molecule has 5 nitrogen and oxygen atoms in total. The molecular formula is C11H8N4O. The zero-order valence-electron chi connectivity index (χ0n) is 8.33. The maximum Gasteiger partial charge on any atom is 0.0787 e. The van der Waals surface area contributed by atoms with Crippen LogP contribution in [0.15, 0.2) is 29.6 Å². The van der Waals surface area contributed by atoms with Crippen molar-refractivity contribution in [3.8, 4) is 11.1 Å². The van der Waals surface area contributed by atoms with Crippen LogP contribution in [0.5, 0.6) is 0 Å². The maximum absolute atomic E-state index is 8.62. The SMILES string of the molecule is O/N=C/c1cccc2c1-c1cnnnc1C2. The number of fused-ring (bicyclic) bond motifs is 3. The highest BCUT2D eigenvalue weighted by Gasteiger charge is 2.22. The Kier molecular flexibility index (Phi) is 1.89. The minimum Gasteiger partial charge on any atom is -0.411 e. The third kappa shape index (κ3) is 1.18. The topological polar surface area (TPSA) is 71.3 Å². The molecule has 78 valence electrons. The highest BCUT2D eigenvalue weighted by Crippen LogP contribution is 2.36. The molecule has 2 aromatic rings. The van der Waals surface area contributed by atoms with Crippen molar-refractivity contribution in [3.05, 3.63) is 41.2 Å². The van der Waals surface area contributed by atoms with Gasteiger partial charge < -0.3 is 5.21 Å². The molecule has 0 aliphatic heterocycles. The Morgan fingerprint density at radius 3 is 3.19 bits per heavy atom. The van der Waals surface area contributed by atoms with Gasteiger partial charge in [-0.1, -0.05) is 23.4 Å². The molecule has 5 heteroatoms. The Labute approximate surface area is 91.5 Å². The van der Waals surface area contributed by atoms with Crippen molar-refractivity contribution < 1.29 is 5.21 Å². The Bertz CT molecular complexity index is 580. The molecule has 0 unspecified atom stereocenters. The van der Waals surface area contributed by atoms with E-state index in [1.165, 1.54) is 6.21 Å². The van der Waals surface area contributed by atoms with E-state index in [9.17, 15) is 0 Å². The highest BCUT2D eigenvalue weighted by atomic mass is 16.4. The van der Waals surface area contributed by atoms with Crippen molar-refractivity contribution in [1.29, 1.82) is 0 Å². The summed E-state index contributed by atoms with van der Waals surface area (Å²) in [5.41, 5.74) is 4.96. The number of hydrogen-bond donors (Lipinski definition) is 1. The summed E-state index contributed by atoms with van der Waals surface area (Å²) in [4.78, 5) is 0. The van der Waals surface area contributed by atoms with E-state index in [2.05, 4.69) is 20.6 Å². The van der Waals surface area contributed by atoms with Gasteiger partial charge in [-0.15, -0.1) is 10.2 Å². The van der Waals surface area contributed by atoms with Gasteiger partial charge in [0.05, 0.1) is 18.1 Å². The molecule has 1 aliphatic carbocycles. The Hall–Kier alpha value is -2.30. The molecule has 1 heterocycles. The minimum atomic E-state index is 0.757. The van der Waals surface area contributed by atoms with Gasteiger partial charge >= 0.3 is 0 Å². The van der Waals surface area contributed by atoms with Crippen LogP contribution in [-0.2, 0) is 6.42 Å². The minimum absolute atomic E-state index is 0.757. The maximum atomic E-state index is 8.62. The van der Waals surface area contributed by atoms with E-state index in [0.29, 0.717) is 0 Å². The number of hydrogen-bond acceptors (Lipinski definition) is 5. The fourth-order valence-corrected chi connectivity index (χ4v) is 2.08. The molecule has 3 rings (SSSR count). The van der Waals surface area contributed by atoms with Crippen LogP contribution < -0.4 is 0 Å². The molecule has 1 aromatic carbocycles. The first kappa shape index (κ1) is 8.96. The molecule has 0 amide bonds. The molecule has 1 N–H and O–H groups in total. The summed E-state index contributed by atoms with van der Waals surface area (Å²) in [7, 11) is 0. The summed E-state index contributed by atoms with van der Waals surface area (Å²) in [5, 5.41) is 23.1. The average Bonchev–Trinajstić information content (AvgIpc) is 2.68. The first-order valence-electron chi connectivity index (χ1n) is 4.87. The number of rotatable bonds is 1. The monoisotopic (exact) mass is 212 g/mol. The highest BCUT2D eigenvalue weighted by molar-refractivity contribution is 5.93. The smallest absolute Gasteiger partial charge is 0.0787 e. The normalized spacial score (nSPS) is 12.8. The van der Waals surface area contributed by atoms with Crippen molar-refractivity contribution in [2.75, 3.05) is 0 Å². The van der Waals surface area contributed by atoms with E-state index in [0.717, 1.165) is 34.4 Å². The Balaban J connectivity index is 2.29. The first-order chi connectivity index (χ1) is 7.90. The molecule has 1 aromatic heterocycles. The van der Waals surface area contributed by atoms with Crippen LogP contribution in [0.1, 0.15) is 16.8 Å². The van der Waals surface area contributed by atoms with Crippen LogP contribution in [0.25, 0.3) is 11.1 Å². The molecule has 0 spiro atoms. The standard InChI is InChI=1S/C11H8N4O/c16-13-5-8-3-1-2-7-4-10-9(11(7)8)6-12-15-14-10/h1-3,5-6,16H,4H2/b13-5+. The summed E-state index contributed by atoms with van der Waals surface area (Å²) in [5.74, 6) is 0. The lowest BCUT2D eigenvalue weighted by Crippen LogP contribution is -1.92. The Morgan fingerprint density at radius 2 is 2.31 bits per heavy atom. The van der Waals surface area contributed by atoms with Gasteiger partial charge in [0.25, 0.3) is 0 Å². The van der Waals surface area contributed by atoms with Gasteiger partial charge in [0.15, 0.2) is 0 Å². The van der Waals surface area contributed by atoms with Crippen molar-refractivity contribution in [2.24, 2.45) is 5.16 Å². The average molecular weight is 212 g/mol. The third-order valence-electron chi connectivity index (χ3n) is 2.72. The Morgan fingerprint density at radius 1 is 1.38 bits per heavy atom. The molecule has 0 saturated carbocycles. The summed E-state index contributed by atoms with van der Waals surface area (Å²) in [6.07, 6.45) is 3.88. The quantitative estimate of drug-likeness (QED) is 0.374. The van der Waals surface area contributed by atoms with Crippen molar-refractivity contribution in [1.82, 2.24) is 15.4 Å². The zero-order chi connectivity index (χ0) is 11.0. The number of aromatic nitrogens is 3. The number of nitrogens with zero attached hydrogens (tertiary/aromatic N) is 4. The zero-order valence-corrected chi connectivity index (χ0v) is 8.33. The molecular weight excluding hydrogens is 204 g/mol. The van der Waals surface area contributed by atoms with E-state index in [4.69, 9.17) is 5.21 Å². The van der Waals surface area contributed by atoms with Gasteiger partial charge in [-0.25, -0.2) is 0 Å². The van der Waals surface area contributed by atoms with Gasteiger partial charge in [0.2, 0.25) is 0 Å². The summed E-state index contributed by atoms with van der Waals surface area (Å²) >= 11 is 0. The van der Waals surface area contributed by atoms with E-state index in [-0.39, 0.29) is 0 Å². The van der Waals surface area contributed by atoms with E-state index in [1.807, 2.05) is 18.2 Å². The largest absolute Gasteiger partial charge is 0.411 e. The van der Waals surface area contributed by atoms with E-state index < -0.39 is 0 Å². The third-order valence-corrected chi connectivity index (χ3v) is 2.72. The van der Waals surface area contributed by atoms with Crippen LogP contribution in [-0.4, -0.2) is 26.8 Å². The number of oxime groups is 1. The van der Waals surface area contributed by atoms with E-state index >= 15 is 0 Å². The lowest BCUT2D eigenvalue weighted by Gasteiger charge is -2.03. The van der Waals surface area contributed by atoms with Crippen LogP contribution in [0.3, 0.4) is 0 Å². The van der Waals surface area contributed by atoms with Crippen molar-refractivity contribution in [3.63, 3.8) is 0 Å². The van der Waals surface area contributed by atoms with Crippen molar-refractivity contribution in [2.45, 2.75) is 6.42 Å². The second-order valence-corrected chi connectivity index (χ2v) is 3.60. The van der Waals surface area contributed by atoms with Gasteiger partial charge in [-0.2, -0.15) is 0 Å². The molecule has 1 aliphatic rings. The van der Waals surface area contributed by atoms with Gasteiger partial charge in [-0.3, -0.25) is 0 Å². The fourth-order valence-electron chi connectivity index (χ4n) is 2.08. The van der Waals surface area contributed by atoms with Crippen molar-refractivity contribution >= 4 is 6.21 Å². The molecule has 0 atom stereocenters. The predicted octanol–water partition coefficient (Wildman–Crippen LogP) is 1.25. The predicted molar refractivity (Wildman–Crippen MR) is 57.4 cm³/mol. The second-order valence-electron chi connectivity index (χ2n) is 3.60. The van der Waals surface area contributed by atoms with Crippen LogP contribution in [0.4, 0.5) is 0 Å². The summed E-state index contributed by atoms with van der Waals surface area (Å²) in [6.45, 7) is 0. The lowest BCUT2D eigenvalue weighted by molar-refractivity contribution is 0.322. The van der Waals surface area contributed by atoms with Gasteiger partial charge in [-0.05, 0) is 16.3 Å². The molecule has 0 fully saturated rings. The second kappa shape index (κ2) is 3.37. The molecule has 0 saturated heterocycles. The summed E-state index contributed by atoms with van der Waals surface area (Å²) in [6, 6.07) is 5.86. The molecule has 0 radical (unpaired) electrons. The first-order valence-corrected chi connectivity index (χ1v) is 4.87. The number of benzene rings is 1. The molecule has 16 heavy (non-hydrogen) atoms. The van der Waals surface area contributed by atoms with Crippen LogP contribution >= 0.6 is 0 Å². The summed E-state index contributed by atoms with van der Waals surface area (Å²) < 4.78 is 0. The van der Waals surface area contributed by atoms with Gasteiger partial charge in [0, 0.05) is 17.5 Å². The van der Waals surface area contributed by atoms with Crippen LogP contribution in [0.2, 0.25) is 0 Å². The fraction of sp³-hybridized carbons (Fsp3) is 0.0909. The van der Waals surface area contributed by atoms with Gasteiger partial charge in [0.1, 0.15) is 0 Å². The van der Waals surface area contributed by atoms with E-state index in [1.54, 1.807) is 6.20 Å². The molecule has 0 bridgehead atoms. The van der Waals surface area contributed by atoms with Crippen LogP contribution in [0, 0.1) is 0 Å².